The molecule has 4 heteroatoms. The van der Waals surface area contributed by atoms with E-state index in [1.54, 1.807) is 0 Å². The summed E-state index contributed by atoms with van der Waals surface area (Å²) in [4.78, 5) is 11.0. The van der Waals surface area contributed by atoms with Crippen LogP contribution in [0.5, 0.6) is 0 Å². The standard InChI is InChI=1S/C19H37BrO3/c1-3-4-5-6-7-8-9-10-11-12-13-14-15-16-17(20)18(21)19(22)23-2/h17-18,21H,3-16H2,1-2H3/t17-,18-/m1/s1. The van der Waals surface area contributed by atoms with Gasteiger partial charge in [0.15, 0.2) is 6.10 Å². The predicted octanol–water partition coefficient (Wildman–Crippen LogP) is 5.77. The summed E-state index contributed by atoms with van der Waals surface area (Å²) in [7, 11) is 1.30. The van der Waals surface area contributed by atoms with Gasteiger partial charge in [-0.25, -0.2) is 4.79 Å². The molecule has 0 radical (unpaired) electrons. The highest BCUT2D eigenvalue weighted by Crippen LogP contribution is 2.17. The van der Waals surface area contributed by atoms with E-state index in [0.717, 1.165) is 12.8 Å². The van der Waals surface area contributed by atoms with E-state index >= 15 is 0 Å². The number of aliphatic hydroxyl groups is 1. The summed E-state index contributed by atoms with van der Waals surface area (Å²) < 4.78 is 4.53. The Hall–Kier alpha value is -0.0900. The topological polar surface area (TPSA) is 46.5 Å². The van der Waals surface area contributed by atoms with Crippen LogP contribution in [0.1, 0.15) is 96.8 Å². The van der Waals surface area contributed by atoms with Crippen molar-refractivity contribution in [2.75, 3.05) is 7.11 Å². The third-order valence-electron chi connectivity index (χ3n) is 4.37. The number of rotatable bonds is 16. The van der Waals surface area contributed by atoms with Crippen molar-refractivity contribution in [1.82, 2.24) is 0 Å². The number of ether oxygens (including phenoxy) is 1. The normalized spacial score (nSPS) is 13.7. The molecule has 0 fully saturated rings. The molecule has 138 valence electrons. The summed E-state index contributed by atoms with van der Waals surface area (Å²) in [5.41, 5.74) is 0. The molecule has 0 saturated carbocycles. The first kappa shape index (κ1) is 22.9. The third-order valence-corrected chi connectivity index (χ3v) is 5.33. The van der Waals surface area contributed by atoms with Crippen LogP contribution in [0, 0.1) is 0 Å². The van der Waals surface area contributed by atoms with Crippen molar-refractivity contribution >= 4 is 21.9 Å². The van der Waals surface area contributed by atoms with Crippen molar-refractivity contribution in [3.05, 3.63) is 0 Å². The SMILES string of the molecule is CCCCCCCCCCCCCCC[C@@H](Br)[C@@H](O)C(=O)OC. The molecule has 0 aliphatic rings. The number of hydrogen-bond acceptors (Lipinski definition) is 3. The van der Waals surface area contributed by atoms with Crippen LogP contribution >= 0.6 is 15.9 Å². The zero-order valence-electron chi connectivity index (χ0n) is 15.2. The minimum Gasteiger partial charge on any atom is -0.467 e. The summed E-state index contributed by atoms with van der Waals surface area (Å²) in [5.74, 6) is -0.554. The molecule has 0 spiro atoms. The summed E-state index contributed by atoms with van der Waals surface area (Å²) >= 11 is 3.37. The van der Waals surface area contributed by atoms with Gasteiger partial charge in [-0.15, -0.1) is 0 Å². The number of methoxy groups -OCH3 is 1. The second-order valence-corrected chi connectivity index (χ2v) is 7.69. The lowest BCUT2D eigenvalue weighted by molar-refractivity contribution is -0.150. The molecule has 2 atom stereocenters. The molecular weight excluding hydrogens is 356 g/mol. The van der Waals surface area contributed by atoms with E-state index < -0.39 is 12.1 Å². The van der Waals surface area contributed by atoms with Gasteiger partial charge in [-0.2, -0.15) is 0 Å². The monoisotopic (exact) mass is 392 g/mol. The summed E-state index contributed by atoms with van der Waals surface area (Å²) in [5, 5.41) is 9.66. The second kappa shape index (κ2) is 16.8. The first-order chi connectivity index (χ1) is 11.1. The van der Waals surface area contributed by atoms with E-state index in [2.05, 4.69) is 27.6 Å². The zero-order valence-corrected chi connectivity index (χ0v) is 16.8. The quantitative estimate of drug-likeness (QED) is 0.206. The van der Waals surface area contributed by atoms with Crippen molar-refractivity contribution in [2.45, 2.75) is 108 Å². The van der Waals surface area contributed by atoms with Crippen LogP contribution in [0.25, 0.3) is 0 Å². The number of carbonyl (C=O) groups excluding carboxylic acids is 1. The Morgan fingerprint density at radius 3 is 1.65 bits per heavy atom. The molecule has 0 aromatic heterocycles. The van der Waals surface area contributed by atoms with E-state index in [0.29, 0.717) is 0 Å². The lowest BCUT2D eigenvalue weighted by Gasteiger charge is -2.14. The molecular formula is C19H37BrO3. The van der Waals surface area contributed by atoms with Gasteiger partial charge in [0.2, 0.25) is 0 Å². The Balaban J connectivity index is 3.26. The van der Waals surface area contributed by atoms with Gasteiger partial charge in [-0.3, -0.25) is 0 Å². The average molecular weight is 393 g/mol. The van der Waals surface area contributed by atoms with E-state index in [1.807, 2.05) is 0 Å². The fourth-order valence-electron chi connectivity index (χ4n) is 2.78. The molecule has 0 aromatic carbocycles. The van der Waals surface area contributed by atoms with Gasteiger partial charge in [-0.05, 0) is 6.42 Å². The second-order valence-electron chi connectivity index (χ2n) is 6.52. The maximum Gasteiger partial charge on any atom is 0.335 e. The molecule has 0 heterocycles. The largest absolute Gasteiger partial charge is 0.467 e. The summed E-state index contributed by atoms with van der Waals surface area (Å²) in [6.45, 7) is 2.26. The number of esters is 1. The number of aliphatic hydroxyl groups excluding tert-OH is 1. The van der Waals surface area contributed by atoms with Gasteiger partial charge in [-0.1, -0.05) is 106 Å². The molecule has 0 rings (SSSR count). The fourth-order valence-corrected chi connectivity index (χ4v) is 3.32. The van der Waals surface area contributed by atoms with Gasteiger partial charge in [0.25, 0.3) is 0 Å². The van der Waals surface area contributed by atoms with Crippen molar-refractivity contribution in [2.24, 2.45) is 0 Å². The number of unbranched alkanes of at least 4 members (excludes halogenated alkanes) is 12. The van der Waals surface area contributed by atoms with Crippen molar-refractivity contribution in [3.63, 3.8) is 0 Å². The Kier molecular flexibility index (Phi) is 16.7. The molecule has 0 saturated heterocycles. The van der Waals surface area contributed by atoms with Gasteiger partial charge < -0.3 is 9.84 Å². The highest BCUT2D eigenvalue weighted by atomic mass is 79.9. The summed E-state index contributed by atoms with van der Waals surface area (Å²) in [6.07, 6.45) is 17.0. The first-order valence-corrected chi connectivity index (χ1v) is 10.4. The maximum atomic E-state index is 11.2. The van der Waals surface area contributed by atoms with Crippen LogP contribution in [-0.4, -0.2) is 29.1 Å². The fraction of sp³-hybridized carbons (Fsp3) is 0.947. The Labute approximate surface area is 151 Å². The Morgan fingerprint density at radius 1 is 0.870 bits per heavy atom. The van der Waals surface area contributed by atoms with Gasteiger partial charge >= 0.3 is 5.97 Å². The molecule has 3 nitrogen and oxygen atoms in total. The number of alkyl halides is 1. The minimum atomic E-state index is -1.04. The summed E-state index contributed by atoms with van der Waals surface area (Å²) in [6, 6.07) is 0. The van der Waals surface area contributed by atoms with Crippen molar-refractivity contribution in [1.29, 1.82) is 0 Å². The maximum absolute atomic E-state index is 11.2. The molecule has 0 aromatic rings. The molecule has 0 bridgehead atoms. The Morgan fingerprint density at radius 2 is 1.26 bits per heavy atom. The van der Waals surface area contributed by atoms with Crippen LogP contribution in [0.4, 0.5) is 0 Å². The van der Waals surface area contributed by atoms with Crippen LogP contribution in [0.3, 0.4) is 0 Å². The van der Waals surface area contributed by atoms with E-state index in [-0.39, 0.29) is 4.83 Å². The molecule has 0 aliphatic carbocycles. The molecule has 0 unspecified atom stereocenters. The molecule has 0 amide bonds. The minimum absolute atomic E-state index is 0.192. The van der Waals surface area contributed by atoms with Crippen LogP contribution in [0.2, 0.25) is 0 Å². The van der Waals surface area contributed by atoms with Crippen LogP contribution in [-0.2, 0) is 9.53 Å². The van der Waals surface area contributed by atoms with E-state index in [4.69, 9.17) is 0 Å². The van der Waals surface area contributed by atoms with E-state index in [1.165, 1.54) is 84.2 Å². The highest BCUT2D eigenvalue weighted by molar-refractivity contribution is 9.09. The van der Waals surface area contributed by atoms with Crippen molar-refractivity contribution < 1.29 is 14.6 Å². The van der Waals surface area contributed by atoms with E-state index in [9.17, 15) is 9.90 Å². The molecule has 0 aliphatic heterocycles. The smallest absolute Gasteiger partial charge is 0.335 e. The number of hydrogen-bond donors (Lipinski definition) is 1. The average Bonchev–Trinajstić information content (AvgIpc) is 2.57. The molecule has 23 heavy (non-hydrogen) atoms. The van der Waals surface area contributed by atoms with Crippen molar-refractivity contribution in [3.8, 4) is 0 Å². The van der Waals surface area contributed by atoms with Gasteiger partial charge in [0, 0.05) is 0 Å². The highest BCUT2D eigenvalue weighted by Gasteiger charge is 2.23. The van der Waals surface area contributed by atoms with Gasteiger partial charge in [0.1, 0.15) is 0 Å². The molecule has 1 N–H and O–H groups in total. The van der Waals surface area contributed by atoms with Gasteiger partial charge in [0.05, 0.1) is 11.9 Å². The Bertz CT molecular complexity index is 271. The predicted molar refractivity (Wildman–Crippen MR) is 101 cm³/mol. The third kappa shape index (κ3) is 14.0. The number of halogens is 1. The zero-order chi connectivity index (χ0) is 17.3. The van der Waals surface area contributed by atoms with Crippen LogP contribution in [0.15, 0.2) is 0 Å². The lowest BCUT2D eigenvalue weighted by Crippen LogP contribution is -2.30. The van der Waals surface area contributed by atoms with Crippen LogP contribution < -0.4 is 0 Å². The number of carbonyl (C=O) groups is 1. The lowest BCUT2D eigenvalue weighted by atomic mass is 10.0. The first-order valence-electron chi connectivity index (χ1n) is 9.53.